The largest absolute Gasteiger partial charge is 0.496 e. The molecule has 0 aliphatic heterocycles. The van der Waals surface area contributed by atoms with E-state index in [2.05, 4.69) is 36.1 Å². The first-order valence-corrected chi connectivity index (χ1v) is 15.9. The van der Waals surface area contributed by atoms with Crippen LogP contribution in [0.1, 0.15) is 90.7 Å². The molecule has 0 fully saturated rings. The lowest BCUT2D eigenvalue weighted by atomic mass is 9.71. The van der Waals surface area contributed by atoms with Crippen molar-refractivity contribution in [2.24, 2.45) is 34.7 Å². The van der Waals surface area contributed by atoms with Crippen LogP contribution in [0.3, 0.4) is 0 Å². The normalized spacial score (nSPS) is 15.6. The van der Waals surface area contributed by atoms with Gasteiger partial charge in [0.15, 0.2) is 0 Å². The van der Waals surface area contributed by atoms with E-state index in [9.17, 15) is 25.3 Å². The van der Waals surface area contributed by atoms with Gasteiger partial charge in [0, 0.05) is 24.5 Å². The molecular formula is C33H56N4O7. The number of aliphatic hydroxyl groups excluding tert-OH is 1. The Bertz CT molecular complexity index is 1040. The average Bonchev–Trinajstić information content (AvgIpc) is 2.98. The maximum atomic E-state index is 13.0. The Morgan fingerprint density at radius 2 is 1.77 bits per heavy atom. The van der Waals surface area contributed by atoms with Crippen molar-refractivity contribution in [3.8, 4) is 5.75 Å². The number of amides is 1. The Labute approximate surface area is 263 Å². The molecule has 44 heavy (non-hydrogen) atoms. The number of rotatable bonds is 23. The van der Waals surface area contributed by atoms with Crippen LogP contribution < -0.4 is 10.1 Å². The van der Waals surface area contributed by atoms with Gasteiger partial charge in [0.2, 0.25) is 5.91 Å². The summed E-state index contributed by atoms with van der Waals surface area (Å²) in [6, 6.07) is 5.10. The molecule has 0 aromatic heterocycles. The predicted molar refractivity (Wildman–Crippen MR) is 171 cm³/mol. The van der Waals surface area contributed by atoms with E-state index in [1.807, 2.05) is 32.0 Å². The fourth-order valence-electron chi connectivity index (χ4n) is 5.73. The summed E-state index contributed by atoms with van der Waals surface area (Å²) in [5, 5.41) is 28.2. The van der Waals surface area contributed by atoms with E-state index in [1.54, 1.807) is 21.1 Å². The van der Waals surface area contributed by atoms with Crippen LogP contribution in [-0.4, -0.2) is 68.4 Å². The van der Waals surface area contributed by atoms with Crippen molar-refractivity contribution >= 4 is 11.9 Å². The number of nitrogens with one attached hydrogen (secondary N) is 1. The fraction of sp³-hybridized carbons (Fsp3) is 0.758. The number of carbonyl (C=O) groups excluding carboxylic acids is 1. The first-order chi connectivity index (χ1) is 20.9. The minimum Gasteiger partial charge on any atom is -0.496 e. The number of carboxylic acid groups (broad SMARTS) is 1. The number of carbonyl (C=O) groups is 2. The molecule has 3 N–H and O–H groups in total. The molecule has 1 rings (SSSR count). The third-order valence-electron chi connectivity index (χ3n) is 8.48. The molecule has 1 aromatic carbocycles. The van der Waals surface area contributed by atoms with Gasteiger partial charge in [-0.1, -0.05) is 65.2 Å². The summed E-state index contributed by atoms with van der Waals surface area (Å²) >= 11 is 0. The monoisotopic (exact) mass is 620 g/mol. The Balaban J connectivity index is 3.44. The second-order valence-electron chi connectivity index (χ2n) is 12.4. The molecule has 0 spiro atoms. The van der Waals surface area contributed by atoms with Crippen LogP contribution in [0.2, 0.25) is 0 Å². The zero-order valence-corrected chi connectivity index (χ0v) is 28.0. The van der Waals surface area contributed by atoms with Crippen LogP contribution in [0.15, 0.2) is 23.3 Å². The second kappa shape index (κ2) is 21.0. The average molecular weight is 621 g/mol. The molecule has 0 aliphatic rings. The van der Waals surface area contributed by atoms with Crippen LogP contribution in [0.5, 0.6) is 5.75 Å². The van der Waals surface area contributed by atoms with Crippen LogP contribution in [0, 0.1) is 29.6 Å². The highest BCUT2D eigenvalue weighted by Crippen LogP contribution is 2.41. The van der Waals surface area contributed by atoms with Crippen molar-refractivity contribution in [1.82, 2.24) is 5.32 Å². The zero-order valence-electron chi connectivity index (χ0n) is 28.0. The first kappa shape index (κ1) is 39.2. The van der Waals surface area contributed by atoms with Crippen LogP contribution in [0.4, 0.5) is 0 Å². The summed E-state index contributed by atoms with van der Waals surface area (Å²) in [5.74, 6) is -1.66. The van der Waals surface area contributed by atoms with Gasteiger partial charge in [0.1, 0.15) is 12.5 Å². The molecule has 0 bridgehead atoms. The number of ether oxygens (including phenoxy) is 3. The molecule has 0 saturated carbocycles. The molecule has 11 heteroatoms. The van der Waals surface area contributed by atoms with Gasteiger partial charge in [-0.2, -0.15) is 0 Å². The van der Waals surface area contributed by atoms with E-state index in [1.165, 1.54) is 0 Å². The summed E-state index contributed by atoms with van der Waals surface area (Å²) in [6.45, 7) is 12.9. The molecule has 250 valence electrons. The summed E-state index contributed by atoms with van der Waals surface area (Å²) in [5.41, 5.74) is 11.4. The lowest BCUT2D eigenvalue weighted by Gasteiger charge is -2.35. The van der Waals surface area contributed by atoms with Crippen LogP contribution in [-0.2, 0) is 25.5 Å². The van der Waals surface area contributed by atoms with Crippen molar-refractivity contribution in [3.05, 3.63) is 39.8 Å². The molecule has 0 radical (unpaired) electrons. The lowest BCUT2D eigenvalue weighted by molar-refractivity contribution is -0.141. The van der Waals surface area contributed by atoms with Gasteiger partial charge in [-0.3, -0.25) is 9.59 Å². The number of aliphatic hydroxyl groups is 1. The van der Waals surface area contributed by atoms with Crippen LogP contribution in [0.25, 0.3) is 10.4 Å². The maximum absolute atomic E-state index is 13.0. The van der Waals surface area contributed by atoms with Gasteiger partial charge in [-0.25, -0.2) is 0 Å². The van der Waals surface area contributed by atoms with Gasteiger partial charge in [-0.15, -0.1) is 0 Å². The Morgan fingerprint density at radius 1 is 1.07 bits per heavy atom. The molecular weight excluding hydrogens is 564 g/mol. The van der Waals surface area contributed by atoms with Crippen molar-refractivity contribution in [3.63, 3.8) is 0 Å². The molecule has 2 unspecified atom stereocenters. The lowest BCUT2D eigenvalue weighted by Crippen LogP contribution is -2.39. The van der Waals surface area contributed by atoms with E-state index in [0.29, 0.717) is 38.2 Å². The summed E-state index contributed by atoms with van der Waals surface area (Å²) in [4.78, 5) is 28.0. The number of aliphatic carboxylic acids is 1. The molecule has 6 atom stereocenters. The minimum atomic E-state index is -1.04. The number of benzene rings is 1. The molecule has 1 aromatic rings. The van der Waals surface area contributed by atoms with E-state index in [4.69, 9.17) is 14.2 Å². The van der Waals surface area contributed by atoms with E-state index in [0.717, 1.165) is 24.0 Å². The van der Waals surface area contributed by atoms with Crippen LogP contribution >= 0.6 is 0 Å². The predicted octanol–water partition coefficient (Wildman–Crippen LogP) is 6.33. The van der Waals surface area contributed by atoms with Gasteiger partial charge in [-0.05, 0) is 78.5 Å². The summed E-state index contributed by atoms with van der Waals surface area (Å²) < 4.78 is 16.1. The van der Waals surface area contributed by atoms with Gasteiger partial charge in [0.05, 0.1) is 31.8 Å². The summed E-state index contributed by atoms with van der Waals surface area (Å²) in [7, 11) is 3.17. The van der Waals surface area contributed by atoms with Crippen molar-refractivity contribution in [1.29, 1.82) is 0 Å². The third kappa shape index (κ3) is 13.0. The fourth-order valence-corrected chi connectivity index (χ4v) is 5.73. The Hall–Kier alpha value is -2.85. The standard InChI is InChI=1S/C33H56N4O7/c1-9-10-14-35-32(39)27(22(4)5)19-30(38)29(36-37-34)18-26(21(2)3)28(16-23(6)33(40)41)24-11-12-31(43-8)25(17-24)13-15-44-20-42-7/h11-12,17,21-23,26-30,38H,9-10,13-16,18-20H2,1-8H3,(H,35,39)(H,40,41)/t23?,26-,27-,28?,29-,30-/m0/s1. The van der Waals surface area contributed by atoms with E-state index < -0.39 is 30.0 Å². The smallest absolute Gasteiger partial charge is 0.306 e. The van der Waals surface area contributed by atoms with Gasteiger partial charge < -0.3 is 29.7 Å². The number of azide groups is 1. The zero-order chi connectivity index (χ0) is 33.2. The van der Waals surface area contributed by atoms with Crippen molar-refractivity contribution in [2.75, 3.05) is 34.2 Å². The SMILES string of the molecule is CCCCNC(=O)[C@@H](C[C@H](O)[C@H](C[C@@H](C(C)C)C(CC(C)C(=O)O)c1ccc(OC)c(CCOCOC)c1)N=[N+]=[N-])C(C)C. The topological polar surface area (TPSA) is 163 Å². The summed E-state index contributed by atoms with van der Waals surface area (Å²) in [6.07, 6.45) is 2.22. The highest BCUT2D eigenvalue weighted by molar-refractivity contribution is 5.78. The number of nitrogens with zero attached hydrogens (tertiary/aromatic N) is 3. The highest BCUT2D eigenvalue weighted by Gasteiger charge is 2.35. The molecule has 11 nitrogen and oxygen atoms in total. The molecule has 0 saturated heterocycles. The van der Waals surface area contributed by atoms with E-state index in [-0.39, 0.29) is 42.8 Å². The third-order valence-corrected chi connectivity index (χ3v) is 8.48. The van der Waals surface area contributed by atoms with Gasteiger partial charge >= 0.3 is 5.97 Å². The molecule has 0 aliphatic carbocycles. The first-order valence-electron chi connectivity index (χ1n) is 15.9. The molecule has 0 heterocycles. The number of hydrogen-bond acceptors (Lipinski definition) is 7. The van der Waals surface area contributed by atoms with Crippen molar-refractivity contribution in [2.45, 2.75) is 98.1 Å². The number of methoxy groups -OCH3 is 2. The number of hydrogen-bond donors (Lipinski definition) is 3. The maximum Gasteiger partial charge on any atom is 0.306 e. The molecule has 1 amide bonds. The Morgan fingerprint density at radius 3 is 2.32 bits per heavy atom. The highest BCUT2D eigenvalue weighted by atomic mass is 16.7. The van der Waals surface area contributed by atoms with Crippen molar-refractivity contribution < 1.29 is 34.0 Å². The van der Waals surface area contributed by atoms with E-state index >= 15 is 0 Å². The number of unbranched alkanes of at least 4 members (excludes halogenated alkanes) is 1. The Kier molecular flexibility index (Phi) is 18.7. The van der Waals surface area contributed by atoms with Gasteiger partial charge in [0.25, 0.3) is 0 Å². The number of carboxylic acids is 1. The minimum absolute atomic E-state index is 0.0198. The quantitative estimate of drug-likeness (QED) is 0.0423. The second-order valence-corrected chi connectivity index (χ2v) is 12.4.